The molecule has 0 saturated carbocycles. The molecular formula is C16H14IN3O4. The molecular weight excluding hydrogens is 425 g/mol. The summed E-state index contributed by atoms with van der Waals surface area (Å²) < 4.78 is 11.7. The number of ether oxygens (including phenoxy) is 2. The van der Waals surface area contributed by atoms with Crippen molar-refractivity contribution < 1.29 is 19.1 Å². The fourth-order valence-electron chi connectivity index (χ4n) is 1.68. The highest BCUT2D eigenvalue weighted by atomic mass is 127. The van der Waals surface area contributed by atoms with Gasteiger partial charge in [0, 0.05) is 0 Å². The zero-order valence-corrected chi connectivity index (χ0v) is 14.9. The van der Waals surface area contributed by atoms with E-state index in [4.69, 9.17) is 26.9 Å². The number of hydrogen-bond acceptors (Lipinski definition) is 5. The van der Waals surface area contributed by atoms with E-state index in [9.17, 15) is 9.59 Å². The van der Waals surface area contributed by atoms with E-state index >= 15 is 0 Å². The van der Waals surface area contributed by atoms with Gasteiger partial charge in [0.25, 0.3) is 5.91 Å². The summed E-state index contributed by atoms with van der Waals surface area (Å²) in [6, 6.07) is 3.97. The average Bonchev–Trinajstić information content (AvgIpc) is 2.51. The van der Waals surface area contributed by atoms with Gasteiger partial charge in [-0.25, -0.2) is 4.79 Å². The lowest BCUT2D eigenvalue weighted by atomic mass is 10.1. The van der Waals surface area contributed by atoms with Gasteiger partial charge in [-0.3, -0.25) is 10.1 Å². The summed E-state index contributed by atoms with van der Waals surface area (Å²) in [6.45, 7) is 2.28. The quantitative estimate of drug-likeness (QED) is 0.304. The molecule has 0 atom stereocenters. The van der Waals surface area contributed by atoms with Crippen LogP contribution >= 0.6 is 22.6 Å². The van der Waals surface area contributed by atoms with Crippen molar-refractivity contribution in [2.75, 3.05) is 13.2 Å². The number of nitrogens with zero attached hydrogens (tertiary/aromatic N) is 1. The second-order valence-electron chi connectivity index (χ2n) is 4.24. The van der Waals surface area contributed by atoms with E-state index in [0.29, 0.717) is 27.2 Å². The third-order valence-electron chi connectivity index (χ3n) is 2.54. The van der Waals surface area contributed by atoms with Gasteiger partial charge in [0.05, 0.1) is 10.2 Å². The van der Waals surface area contributed by atoms with Crippen molar-refractivity contribution in [2.45, 2.75) is 6.92 Å². The smallest absolute Gasteiger partial charge is 0.319 e. The summed E-state index contributed by atoms with van der Waals surface area (Å²) in [4.78, 5) is 22.4. The Morgan fingerprint density at radius 2 is 2.17 bits per heavy atom. The molecule has 24 heavy (non-hydrogen) atoms. The van der Waals surface area contributed by atoms with Gasteiger partial charge < -0.3 is 15.2 Å². The predicted molar refractivity (Wildman–Crippen MR) is 96.0 cm³/mol. The van der Waals surface area contributed by atoms with E-state index in [2.05, 4.69) is 5.92 Å². The molecule has 1 aromatic carbocycles. The highest BCUT2D eigenvalue weighted by molar-refractivity contribution is 14.1. The SMILES string of the molecule is C#CCOc1c(I)cc(/C=C(/C#N)C(=O)NC(N)=O)cc1OCC. The molecule has 0 aliphatic rings. The van der Waals surface area contributed by atoms with Gasteiger partial charge in [-0.2, -0.15) is 5.26 Å². The summed E-state index contributed by atoms with van der Waals surface area (Å²) in [5.74, 6) is 2.39. The van der Waals surface area contributed by atoms with E-state index in [1.807, 2.05) is 27.9 Å². The Morgan fingerprint density at radius 1 is 1.46 bits per heavy atom. The maximum atomic E-state index is 11.7. The molecule has 0 saturated heterocycles. The van der Waals surface area contributed by atoms with Gasteiger partial charge in [-0.1, -0.05) is 5.92 Å². The van der Waals surface area contributed by atoms with Gasteiger partial charge >= 0.3 is 6.03 Å². The number of amides is 3. The fraction of sp³-hybridized carbons (Fsp3) is 0.188. The fourth-order valence-corrected chi connectivity index (χ4v) is 2.46. The first kappa shape index (κ1) is 19.3. The minimum atomic E-state index is -1.04. The molecule has 0 unspecified atom stereocenters. The van der Waals surface area contributed by atoms with Gasteiger partial charge in [0.15, 0.2) is 11.5 Å². The summed E-state index contributed by atoms with van der Waals surface area (Å²) in [6.07, 6.45) is 6.50. The molecule has 0 spiro atoms. The number of terminal acetylenes is 1. The number of rotatable bonds is 6. The second-order valence-corrected chi connectivity index (χ2v) is 5.41. The molecule has 3 N–H and O–H groups in total. The number of hydrogen-bond donors (Lipinski definition) is 2. The molecule has 0 heterocycles. The van der Waals surface area contributed by atoms with Gasteiger partial charge in [-0.05, 0) is 53.3 Å². The molecule has 1 aromatic rings. The lowest BCUT2D eigenvalue weighted by molar-refractivity contribution is -0.115. The Bertz CT molecular complexity index is 760. The standard InChI is InChI=1S/C16H14IN3O4/c1-3-5-24-14-12(17)7-10(8-13(14)23-4-2)6-11(9-18)15(21)20-16(19)22/h1,6-8H,4-5H2,2H3,(H3,19,20,21,22)/b11-6-. The Morgan fingerprint density at radius 3 is 2.71 bits per heavy atom. The van der Waals surface area contributed by atoms with Crippen LogP contribution in [0, 0.1) is 27.2 Å². The number of nitrogens with one attached hydrogen (secondary N) is 1. The summed E-state index contributed by atoms with van der Waals surface area (Å²) in [5.41, 5.74) is 5.12. The van der Waals surface area contributed by atoms with Crippen LogP contribution in [0.4, 0.5) is 4.79 Å². The number of imide groups is 1. The number of carbonyl (C=O) groups excluding carboxylic acids is 2. The molecule has 0 radical (unpaired) electrons. The molecule has 1 rings (SSSR count). The zero-order chi connectivity index (χ0) is 18.1. The maximum absolute atomic E-state index is 11.7. The zero-order valence-electron chi connectivity index (χ0n) is 12.8. The monoisotopic (exact) mass is 439 g/mol. The molecule has 0 aromatic heterocycles. The Hall–Kier alpha value is -2.72. The molecule has 3 amide bonds. The van der Waals surface area contributed by atoms with Crippen molar-refractivity contribution >= 4 is 40.6 Å². The molecule has 0 aliphatic carbocycles. The maximum Gasteiger partial charge on any atom is 0.319 e. The van der Waals surface area contributed by atoms with Crippen molar-refractivity contribution in [3.05, 3.63) is 26.8 Å². The van der Waals surface area contributed by atoms with Crippen LogP contribution in [-0.4, -0.2) is 25.2 Å². The van der Waals surface area contributed by atoms with Crippen molar-refractivity contribution in [1.29, 1.82) is 5.26 Å². The van der Waals surface area contributed by atoms with E-state index in [0.717, 1.165) is 0 Å². The molecule has 8 heteroatoms. The van der Waals surface area contributed by atoms with E-state index in [-0.39, 0.29) is 12.2 Å². The average molecular weight is 439 g/mol. The number of halogens is 1. The van der Waals surface area contributed by atoms with Crippen LogP contribution in [0.15, 0.2) is 17.7 Å². The number of carbonyl (C=O) groups is 2. The highest BCUT2D eigenvalue weighted by Crippen LogP contribution is 2.34. The molecule has 0 bridgehead atoms. The molecule has 0 fully saturated rings. The van der Waals surface area contributed by atoms with E-state index in [1.165, 1.54) is 6.08 Å². The van der Waals surface area contributed by atoms with Crippen LogP contribution in [0.1, 0.15) is 12.5 Å². The number of nitriles is 1. The van der Waals surface area contributed by atoms with Crippen LogP contribution in [0.2, 0.25) is 0 Å². The summed E-state index contributed by atoms with van der Waals surface area (Å²) in [5, 5.41) is 10.9. The first-order valence-corrected chi connectivity index (χ1v) is 7.76. The number of primary amides is 1. The van der Waals surface area contributed by atoms with E-state index in [1.54, 1.807) is 25.1 Å². The van der Waals surface area contributed by atoms with Crippen molar-refractivity contribution in [3.63, 3.8) is 0 Å². The minimum Gasteiger partial charge on any atom is -0.490 e. The predicted octanol–water partition coefficient (Wildman–Crippen LogP) is 1.80. The van der Waals surface area contributed by atoms with Crippen LogP contribution < -0.4 is 20.5 Å². The van der Waals surface area contributed by atoms with Crippen LogP contribution in [0.3, 0.4) is 0 Å². The minimum absolute atomic E-state index is 0.0791. The number of urea groups is 1. The normalized spacial score (nSPS) is 10.2. The number of benzene rings is 1. The highest BCUT2D eigenvalue weighted by Gasteiger charge is 2.14. The Balaban J connectivity index is 3.27. The number of nitrogens with two attached hydrogens (primary N) is 1. The van der Waals surface area contributed by atoms with Gasteiger partial charge in [-0.15, -0.1) is 6.42 Å². The summed E-state index contributed by atoms with van der Waals surface area (Å²) in [7, 11) is 0. The first-order valence-electron chi connectivity index (χ1n) is 6.68. The van der Waals surface area contributed by atoms with Crippen molar-refractivity contribution in [3.8, 4) is 29.9 Å². The largest absolute Gasteiger partial charge is 0.490 e. The second kappa shape index (κ2) is 9.43. The van der Waals surface area contributed by atoms with Crippen LogP contribution in [-0.2, 0) is 4.79 Å². The topological polar surface area (TPSA) is 114 Å². The van der Waals surface area contributed by atoms with Gasteiger partial charge in [0.2, 0.25) is 0 Å². The van der Waals surface area contributed by atoms with Crippen molar-refractivity contribution in [1.82, 2.24) is 5.32 Å². The van der Waals surface area contributed by atoms with Gasteiger partial charge in [0.1, 0.15) is 18.2 Å². The van der Waals surface area contributed by atoms with Crippen molar-refractivity contribution in [2.24, 2.45) is 5.73 Å². The third-order valence-corrected chi connectivity index (χ3v) is 3.35. The molecule has 7 nitrogen and oxygen atoms in total. The molecule has 0 aliphatic heterocycles. The Kier molecular flexibility index (Phi) is 7.59. The van der Waals surface area contributed by atoms with Crippen LogP contribution in [0.5, 0.6) is 11.5 Å². The van der Waals surface area contributed by atoms with E-state index < -0.39 is 11.9 Å². The molecule has 124 valence electrons. The first-order chi connectivity index (χ1) is 11.4. The third kappa shape index (κ3) is 5.48. The Labute approximate surface area is 152 Å². The summed E-state index contributed by atoms with van der Waals surface area (Å²) >= 11 is 2.03. The van der Waals surface area contributed by atoms with Crippen LogP contribution in [0.25, 0.3) is 6.08 Å². The lowest BCUT2D eigenvalue weighted by Crippen LogP contribution is -2.35. The lowest BCUT2D eigenvalue weighted by Gasteiger charge is -2.13.